The van der Waals surface area contributed by atoms with E-state index in [2.05, 4.69) is 55.4 Å². The number of benzene rings is 1. The minimum absolute atomic E-state index is 0.0134. The second kappa shape index (κ2) is 8.56. The molecule has 1 unspecified atom stereocenters. The lowest BCUT2D eigenvalue weighted by Crippen LogP contribution is -2.50. The summed E-state index contributed by atoms with van der Waals surface area (Å²) < 4.78 is 0. The first-order valence-electron chi connectivity index (χ1n) is 9.27. The molecule has 5 heteroatoms. The molecule has 1 aliphatic rings. The van der Waals surface area contributed by atoms with Crippen molar-refractivity contribution in [1.82, 2.24) is 10.2 Å². The van der Waals surface area contributed by atoms with Gasteiger partial charge in [-0.3, -0.25) is 0 Å². The fourth-order valence-electron chi connectivity index (χ4n) is 3.63. The lowest BCUT2D eigenvalue weighted by molar-refractivity contribution is 0.125. The van der Waals surface area contributed by atoms with Gasteiger partial charge >= 0.3 is 6.03 Å². The van der Waals surface area contributed by atoms with Crippen LogP contribution in [-0.2, 0) is 0 Å². The molecule has 1 fully saturated rings. The van der Waals surface area contributed by atoms with E-state index in [4.69, 9.17) is 0 Å². The predicted octanol–water partition coefficient (Wildman–Crippen LogP) is 3.09. The van der Waals surface area contributed by atoms with Crippen LogP contribution < -0.4 is 10.2 Å². The number of hydrogen-bond acceptors (Lipinski definition) is 3. The number of amides is 2. The second-order valence-electron chi connectivity index (χ2n) is 8.04. The van der Waals surface area contributed by atoms with E-state index in [-0.39, 0.29) is 17.6 Å². The average molecular weight is 348 g/mol. The van der Waals surface area contributed by atoms with E-state index >= 15 is 0 Å². The number of piperidine rings is 1. The van der Waals surface area contributed by atoms with E-state index in [0.717, 1.165) is 25.9 Å². The van der Waals surface area contributed by atoms with Crippen LogP contribution in [0, 0.1) is 5.41 Å². The average Bonchev–Trinajstić information content (AvgIpc) is 2.59. The Morgan fingerprint density at radius 2 is 1.92 bits per heavy atom. The number of rotatable bonds is 6. The van der Waals surface area contributed by atoms with Gasteiger partial charge in [0, 0.05) is 38.4 Å². The third kappa shape index (κ3) is 5.92. The molecule has 2 rings (SSSR count). The Bertz CT molecular complexity index is 537. The molecular formula is C20H33N3O2. The van der Waals surface area contributed by atoms with Crippen LogP contribution in [0.2, 0.25) is 0 Å². The van der Waals surface area contributed by atoms with Crippen molar-refractivity contribution < 1.29 is 9.90 Å². The summed E-state index contributed by atoms with van der Waals surface area (Å²) >= 11 is 0. The zero-order valence-corrected chi connectivity index (χ0v) is 16.0. The normalized spacial score (nSPS) is 17.2. The third-order valence-electron chi connectivity index (χ3n) is 5.03. The Hall–Kier alpha value is -1.75. The van der Waals surface area contributed by atoms with Crippen molar-refractivity contribution in [1.29, 1.82) is 0 Å². The maximum absolute atomic E-state index is 12.4. The number of carbonyl (C=O) groups excluding carboxylic acids is 1. The lowest BCUT2D eigenvalue weighted by atomic mass is 9.87. The van der Waals surface area contributed by atoms with Gasteiger partial charge in [-0.25, -0.2) is 4.79 Å². The summed E-state index contributed by atoms with van der Waals surface area (Å²) in [5.74, 6) is 0. The molecule has 1 aliphatic heterocycles. The number of urea groups is 1. The number of likely N-dealkylation sites (tertiary alicyclic amines) is 1. The van der Waals surface area contributed by atoms with Crippen molar-refractivity contribution >= 4 is 11.7 Å². The first-order valence-corrected chi connectivity index (χ1v) is 9.27. The highest BCUT2D eigenvalue weighted by molar-refractivity contribution is 5.74. The van der Waals surface area contributed by atoms with E-state index in [0.29, 0.717) is 19.0 Å². The molecule has 2 N–H and O–H groups in total. The van der Waals surface area contributed by atoms with Gasteiger partial charge < -0.3 is 20.2 Å². The molecular weight excluding hydrogens is 314 g/mol. The third-order valence-corrected chi connectivity index (χ3v) is 5.03. The van der Waals surface area contributed by atoms with Crippen LogP contribution in [0.3, 0.4) is 0 Å². The molecule has 0 saturated carbocycles. The summed E-state index contributed by atoms with van der Waals surface area (Å²) in [4.78, 5) is 16.6. The summed E-state index contributed by atoms with van der Waals surface area (Å²) in [5, 5.41) is 12.6. The SMILES string of the molecule is CC(O)CC(C)(C)CNC(=O)N1CCC(N(C)c2ccccc2)CC1. The van der Waals surface area contributed by atoms with Gasteiger partial charge in [-0.15, -0.1) is 0 Å². The van der Waals surface area contributed by atoms with Crippen molar-refractivity contribution in [3.63, 3.8) is 0 Å². The van der Waals surface area contributed by atoms with E-state index in [1.807, 2.05) is 11.0 Å². The Kier molecular flexibility index (Phi) is 6.71. The van der Waals surface area contributed by atoms with Gasteiger partial charge in [-0.2, -0.15) is 0 Å². The fraction of sp³-hybridized carbons (Fsp3) is 0.650. The van der Waals surface area contributed by atoms with Gasteiger partial charge in [-0.05, 0) is 43.7 Å². The molecule has 140 valence electrons. The number of para-hydroxylation sites is 1. The standard InChI is InChI=1S/C20H33N3O2/c1-16(24)14-20(2,3)15-21-19(25)23-12-10-18(11-13-23)22(4)17-8-6-5-7-9-17/h5-9,16,18,24H,10-15H2,1-4H3,(H,21,25). The fourth-order valence-corrected chi connectivity index (χ4v) is 3.63. The van der Waals surface area contributed by atoms with Crippen LogP contribution in [0.4, 0.5) is 10.5 Å². The molecule has 1 aromatic carbocycles. The lowest BCUT2D eigenvalue weighted by Gasteiger charge is -2.38. The van der Waals surface area contributed by atoms with E-state index in [1.165, 1.54) is 5.69 Å². The predicted molar refractivity (Wildman–Crippen MR) is 103 cm³/mol. The maximum Gasteiger partial charge on any atom is 0.317 e. The van der Waals surface area contributed by atoms with Crippen LogP contribution in [0.1, 0.15) is 40.0 Å². The molecule has 0 aliphatic carbocycles. The van der Waals surface area contributed by atoms with Crippen LogP contribution in [-0.4, -0.2) is 54.9 Å². The Morgan fingerprint density at radius 3 is 2.48 bits per heavy atom. The minimum atomic E-state index is -0.351. The molecule has 1 aromatic rings. The largest absolute Gasteiger partial charge is 0.393 e. The number of hydrogen-bond donors (Lipinski definition) is 2. The van der Waals surface area contributed by atoms with Crippen molar-refractivity contribution in [3.05, 3.63) is 30.3 Å². The molecule has 2 amide bonds. The zero-order chi connectivity index (χ0) is 18.4. The minimum Gasteiger partial charge on any atom is -0.393 e. The first kappa shape index (κ1) is 19.6. The molecule has 0 spiro atoms. The Balaban J connectivity index is 1.78. The Morgan fingerprint density at radius 1 is 1.32 bits per heavy atom. The number of aliphatic hydroxyl groups is 1. The number of aliphatic hydroxyl groups excluding tert-OH is 1. The van der Waals surface area contributed by atoms with Crippen LogP contribution in [0.15, 0.2) is 30.3 Å². The van der Waals surface area contributed by atoms with Crippen LogP contribution in [0.5, 0.6) is 0 Å². The highest BCUT2D eigenvalue weighted by atomic mass is 16.3. The molecule has 1 heterocycles. The molecule has 5 nitrogen and oxygen atoms in total. The summed E-state index contributed by atoms with van der Waals surface area (Å²) in [5.41, 5.74) is 1.13. The van der Waals surface area contributed by atoms with Crippen LogP contribution >= 0.6 is 0 Å². The highest BCUT2D eigenvalue weighted by Crippen LogP contribution is 2.23. The van der Waals surface area contributed by atoms with E-state index < -0.39 is 0 Å². The molecule has 1 atom stereocenters. The second-order valence-corrected chi connectivity index (χ2v) is 8.04. The van der Waals surface area contributed by atoms with Crippen molar-refractivity contribution in [2.45, 2.75) is 52.2 Å². The number of carbonyl (C=O) groups is 1. The van der Waals surface area contributed by atoms with Gasteiger partial charge in [0.25, 0.3) is 0 Å². The first-order chi connectivity index (χ1) is 11.8. The van der Waals surface area contributed by atoms with E-state index in [1.54, 1.807) is 6.92 Å². The van der Waals surface area contributed by atoms with Gasteiger partial charge in [0.1, 0.15) is 0 Å². The van der Waals surface area contributed by atoms with Crippen molar-refractivity contribution in [2.24, 2.45) is 5.41 Å². The highest BCUT2D eigenvalue weighted by Gasteiger charge is 2.27. The molecule has 25 heavy (non-hydrogen) atoms. The maximum atomic E-state index is 12.4. The molecule has 0 bridgehead atoms. The van der Waals surface area contributed by atoms with Gasteiger partial charge in [-0.1, -0.05) is 32.0 Å². The topological polar surface area (TPSA) is 55.8 Å². The number of anilines is 1. The van der Waals surface area contributed by atoms with E-state index in [9.17, 15) is 9.90 Å². The summed E-state index contributed by atoms with van der Waals surface area (Å²) in [6.07, 6.45) is 2.29. The monoisotopic (exact) mass is 347 g/mol. The van der Waals surface area contributed by atoms with Crippen LogP contribution in [0.25, 0.3) is 0 Å². The quantitative estimate of drug-likeness (QED) is 0.831. The molecule has 0 radical (unpaired) electrons. The van der Waals surface area contributed by atoms with Gasteiger partial charge in [0.15, 0.2) is 0 Å². The van der Waals surface area contributed by atoms with Crippen molar-refractivity contribution in [2.75, 3.05) is 31.6 Å². The smallest absolute Gasteiger partial charge is 0.317 e. The van der Waals surface area contributed by atoms with Gasteiger partial charge in [0.2, 0.25) is 0 Å². The molecule has 0 aromatic heterocycles. The number of nitrogens with zero attached hydrogens (tertiary/aromatic N) is 2. The van der Waals surface area contributed by atoms with Gasteiger partial charge in [0.05, 0.1) is 6.10 Å². The van der Waals surface area contributed by atoms with Crippen molar-refractivity contribution in [3.8, 4) is 0 Å². The zero-order valence-electron chi connectivity index (χ0n) is 16.0. The molecule has 1 saturated heterocycles. The summed E-state index contributed by atoms with van der Waals surface area (Å²) in [6, 6.07) is 10.9. The Labute approximate surface area is 152 Å². The summed E-state index contributed by atoms with van der Waals surface area (Å²) in [7, 11) is 2.13. The number of nitrogens with one attached hydrogen (secondary N) is 1. The summed E-state index contributed by atoms with van der Waals surface area (Å²) in [6.45, 7) is 8.08.